The topological polar surface area (TPSA) is 71.5 Å². The van der Waals surface area contributed by atoms with E-state index in [2.05, 4.69) is 9.71 Å². The van der Waals surface area contributed by atoms with Crippen LogP contribution in [-0.2, 0) is 12.4 Å². The second-order valence-corrected chi connectivity index (χ2v) is 12.3. The Morgan fingerprint density at radius 2 is 1.39 bits per heavy atom. The van der Waals surface area contributed by atoms with Gasteiger partial charge in [-0.3, -0.25) is 0 Å². The van der Waals surface area contributed by atoms with Crippen LogP contribution in [0.2, 0.25) is 0 Å². The van der Waals surface area contributed by atoms with E-state index in [-0.39, 0.29) is 32.6 Å². The van der Waals surface area contributed by atoms with Gasteiger partial charge in [-0.2, -0.15) is 39.5 Å². The molecule has 2 N–H and O–H groups in total. The van der Waals surface area contributed by atoms with E-state index in [0.717, 1.165) is 83.9 Å². The molecule has 4 aromatic carbocycles. The Morgan fingerprint density at radius 1 is 0.824 bits per heavy atom. The van der Waals surface area contributed by atoms with E-state index in [9.17, 15) is 53.1 Å². The molecule has 51 heavy (non-hydrogen) atoms. The minimum absolute atomic E-state index is 0.00163. The van der Waals surface area contributed by atoms with Gasteiger partial charge in [0.15, 0.2) is 0 Å². The fourth-order valence-electron chi connectivity index (χ4n) is 4.88. The number of aromatic carboxylic acids is 1. The second kappa shape index (κ2) is 14.1. The number of rotatable bonds is 9. The number of nitrogens with zero attached hydrogens (tertiary/aromatic N) is 1. The SMILES string of the molecule is COc1cc(C(=O)O)c(F)cc1NSc1csc(-c2ccc(-c3ccc(-c4ccc(C(F)C(F)(F)F)cc4)cc3C(F)(F)F)cc2C(F)(F)F)n1. The maximum absolute atomic E-state index is 14.3. The van der Waals surface area contributed by atoms with E-state index >= 15 is 0 Å². The van der Waals surface area contributed by atoms with Crippen LogP contribution in [0.15, 0.2) is 83.2 Å². The molecule has 0 aliphatic heterocycles. The number of hydrogen-bond acceptors (Lipinski definition) is 6. The van der Waals surface area contributed by atoms with Gasteiger partial charge in [0.05, 0.1) is 29.5 Å². The standard InChI is InChI=1S/C33H19F11N2O3S2/c1-49-26-12-21(30(47)48)24(34)13-25(26)46-51-27-14-50-29(45-27)20-9-7-18(11-23(20)32(39,40)41)19-8-6-17(10-22(19)31(36,37)38)15-2-4-16(5-3-15)28(35)33(42,43)44/h2-14,28,46H,1H3,(H,47,48). The molecule has 0 aliphatic rings. The Bertz CT molecular complexity index is 2080. The Morgan fingerprint density at radius 3 is 1.98 bits per heavy atom. The summed E-state index contributed by atoms with van der Waals surface area (Å²) in [7, 11) is 1.20. The number of nitrogens with one attached hydrogen (secondary N) is 1. The number of carbonyl (C=O) groups is 1. The van der Waals surface area contributed by atoms with Crippen LogP contribution < -0.4 is 9.46 Å². The van der Waals surface area contributed by atoms with Crippen molar-refractivity contribution in [2.45, 2.75) is 29.7 Å². The lowest BCUT2D eigenvalue weighted by Gasteiger charge is -2.18. The predicted octanol–water partition coefficient (Wildman–Crippen LogP) is 11.7. The maximum Gasteiger partial charge on any atom is 0.423 e. The van der Waals surface area contributed by atoms with Crippen LogP contribution >= 0.6 is 23.3 Å². The molecule has 5 rings (SSSR count). The number of anilines is 1. The summed E-state index contributed by atoms with van der Waals surface area (Å²) in [5.41, 5.74) is -5.69. The van der Waals surface area contributed by atoms with Gasteiger partial charge in [-0.25, -0.2) is 18.6 Å². The fourth-order valence-corrected chi connectivity index (χ4v) is 6.51. The van der Waals surface area contributed by atoms with Gasteiger partial charge in [0, 0.05) is 29.0 Å². The number of benzene rings is 4. The lowest BCUT2D eigenvalue weighted by atomic mass is 9.92. The highest BCUT2D eigenvalue weighted by Crippen LogP contribution is 2.45. The molecule has 0 aliphatic carbocycles. The zero-order valence-corrected chi connectivity index (χ0v) is 26.9. The smallest absolute Gasteiger partial charge is 0.423 e. The van der Waals surface area contributed by atoms with Crippen molar-refractivity contribution in [1.82, 2.24) is 4.98 Å². The van der Waals surface area contributed by atoms with Crippen LogP contribution in [0.5, 0.6) is 5.75 Å². The minimum atomic E-state index is -5.19. The molecule has 1 atom stereocenters. The average Bonchev–Trinajstić information content (AvgIpc) is 3.54. The Balaban J connectivity index is 1.46. The molecule has 1 heterocycles. The summed E-state index contributed by atoms with van der Waals surface area (Å²) in [6, 6.07) is 10.6. The second-order valence-electron chi connectivity index (χ2n) is 10.6. The van der Waals surface area contributed by atoms with Crippen molar-refractivity contribution in [2.24, 2.45) is 0 Å². The molecule has 268 valence electrons. The number of halogens is 11. The zero-order chi connectivity index (χ0) is 37.5. The quantitative estimate of drug-likeness (QED) is 0.115. The van der Waals surface area contributed by atoms with Crippen molar-refractivity contribution >= 4 is 34.9 Å². The summed E-state index contributed by atoms with van der Waals surface area (Å²) >= 11 is 1.52. The summed E-state index contributed by atoms with van der Waals surface area (Å²) < 4.78 is 160. The van der Waals surface area contributed by atoms with Crippen LogP contribution in [0, 0.1) is 5.82 Å². The first-order chi connectivity index (χ1) is 23.8. The van der Waals surface area contributed by atoms with E-state index in [1.165, 1.54) is 12.5 Å². The van der Waals surface area contributed by atoms with Gasteiger partial charge >= 0.3 is 24.5 Å². The summed E-state index contributed by atoms with van der Waals surface area (Å²) in [5, 5.41) is 10.4. The van der Waals surface area contributed by atoms with Crippen molar-refractivity contribution in [3.05, 3.63) is 106 Å². The first-order valence-electron chi connectivity index (χ1n) is 14.0. The number of carboxylic acids is 1. The summed E-state index contributed by atoms with van der Waals surface area (Å²) in [6.45, 7) is 0. The van der Waals surface area contributed by atoms with Gasteiger partial charge in [-0.15, -0.1) is 11.3 Å². The van der Waals surface area contributed by atoms with Crippen molar-refractivity contribution in [3.63, 3.8) is 0 Å². The van der Waals surface area contributed by atoms with Gasteiger partial charge in [0.1, 0.15) is 21.6 Å². The normalized spacial score (nSPS) is 12.9. The molecule has 5 aromatic rings. The Labute approximate surface area is 288 Å². The summed E-state index contributed by atoms with van der Waals surface area (Å²) in [5.74, 6) is -2.67. The third-order valence-corrected chi connectivity index (χ3v) is 9.05. The average molecular weight is 765 g/mol. The van der Waals surface area contributed by atoms with Gasteiger partial charge in [-0.1, -0.05) is 48.5 Å². The largest absolute Gasteiger partial charge is 0.495 e. The van der Waals surface area contributed by atoms with E-state index < -0.39 is 75.4 Å². The van der Waals surface area contributed by atoms with Gasteiger partial charge < -0.3 is 14.6 Å². The third-order valence-electron chi connectivity index (χ3n) is 7.28. The molecule has 0 saturated heterocycles. The van der Waals surface area contributed by atoms with Crippen molar-refractivity contribution in [3.8, 4) is 38.6 Å². The lowest BCUT2D eigenvalue weighted by Crippen LogP contribution is -2.16. The van der Waals surface area contributed by atoms with Crippen LogP contribution in [0.25, 0.3) is 32.8 Å². The summed E-state index contributed by atoms with van der Waals surface area (Å²) in [6.07, 6.45) is -18.6. The molecule has 1 unspecified atom stereocenters. The van der Waals surface area contributed by atoms with Crippen molar-refractivity contribution in [1.29, 1.82) is 0 Å². The minimum Gasteiger partial charge on any atom is -0.495 e. The number of aromatic nitrogens is 1. The van der Waals surface area contributed by atoms with Crippen LogP contribution in [0.1, 0.15) is 33.2 Å². The molecule has 0 saturated carbocycles. The fraction of sp³-hybridized carbons (Fsp3) is 0.152. The molecule has 1 aromatic heterocycles. The first kappa shape index (κ1) is 37.4. The molecule has 0 fully saturated rings. The van der Waals surface area contributed by atoms with Gasteiger partial charge in [-0.05, 0) is 46.0 Å². The zero-order valence-electron chi connectivity index (χ0n) is 25.3. The monoisotopic (exact) mass is 764 g/mol. The van der Waals surface area contributed by atoms with E-state index in [4.69, 9.17) is 9.84 Å². The first-order valence-corrected chi connectivity index (χ1v) is 15.7. The highest BCUT2D eigenvalue weighted by molar-refractivity contribution is 8.00. The number of methoxy groups -OCH3 is 1. The summed E-state index contributed by atoms with van der Waals surface area (Å²) in [4.78, 5) is 15.4. The highest BCUT2D eigenvalue weighted by atomic mass is 32.2. The van der Waals surface area contributed by atoms with Crippen molar-refractivity contribution < 1.29 is 62.9 Å². The van der Waals surface area contributed by atoms with Crippen LogP contribution in [0.4, 0.5) is 54.0 Å². The van der Waals surface area contributed by atoms with Gasteiger partial charge in [0.2, 0.25) is 6.17 Å². The van der Waals surface area contributed by atoms with Crippen LogP contribution in [0.3, 0.4) is 0 Å². The third kappa shape index (κ3) is 8.22. The highest BCUT2D eigenvalue weighted by Gasteiger charge is 2.41. The lowest BCUT2D eigenvalue weighted by molar-refractivity contribution is -0.182. The molecule has 18 heteroatoms. The number of hydrogen-bond donors (Lipinski definition) is 2. The molecule has 5 nitrogen and oxygen atoms in total. The van der Waals surface area contributed by atoms with Crippen LogP contribution in [-0.4, -0.2) is 29.3 Å². The predicted molar refractivity (Wildman–Crippen MR) is 168 cm³/mol. The molecular weight excluding hydrogens is 745 g/mol. The Kier molecular flexibility index (Phi) is 10.3. The van der Waals surface area contributed by atoms with Gasteiger partial charge in [0.25, 0.3) is 0 Å². The number of thiazole rings is 1. The molecule has 0 radical (unpaired) electrons. The van der Waals surface area contributed by atoms with Crippen molar-refractivity contribution in [2.75, 3.05) is 11.8 Å². The van der Waals surface area contributed by atoms with E-state index in [1.807, 2.05) is 0 Å². The number of carboxylic acid groups (broad SMARTS) is 1. The Hall–Kier alpha value is -4.84. The molecule has 0 spiro atoms. The molecular formula is C33H19F11N2O3S2. The van der Waals surface area contributed by atoms with E-state index in [0.29, 0.717) is 12.1 Å². The molecule has 0 bridgehead atoms. The number of alkyl halides is 10. The maximum atomic E-state index is 14.3. The van der Waals surface area contributed by atoms with E-state index in [1.54, 1.807) is 0 Å². The molecule has 0 amide bonds. The number of ether oxygens (including phenoxy) is 1.